The number of amides is 3. The van der Waals surface area contributed by atoms with Gasteiger partial charge in [0, 0.05) is 12.2 Å². The predicted octanol–water partition coefficient (Wildman–Crippen LogP) is 2.02. The van der Waals surface area contributed by atoms with Crippen molar-refractivity contribution in [1.82, 2.24) is 15.1 Å². The topological polar surface area (TPSA) is 88.2 Å². The van der Waals surface area contributed by atoms with Crippen LogP contribution in [0.25, 0.3) is 0 Å². The van der Waals surface area contributed by atoms with Crippen LogP contribution in [-0.2, 0) is 14.3 Å². The van der Waals surface area contributed by atoms with Crippen molar-refractivity contribution < 1.29 is 23.9 Å². The van der Waals surface area contributed by atoms with Gasteiger partial charge >= 0.3 is 6.09 Å². The van der Waals surface area contributed by atoms with Gasteiger partial charge in [-0.1, -0.05) is 23.8 Å². The minimum atomic E-state index is -0.444. The minimum Gasteiger partial charge on any atom is -0.442 e. The number of nitrogens with zero attached hydrogens (tertiary/aromatic N) is 2. The van der Waals surface area contributed by atoms with E-state index in [2.05, 4.69) is 5.32 Å². The fraction of sp³-hybridized carbons (Fsp3) is 0.421. The molecular formula is C19H20ClN3O5S. The highest BCUT2D eigenvalue weighted by atomic mass is 35.5. The zero-order valence-corrected chi connectivity index (χ0v) is 17.1. The molecule has 0 saturated carbocycles. The lowest BCUT2D eigenvalue weighted by Gasteiger charge is -2.34. The predicted molar refractivity (Wildman–Crippen MR) is 107 cm³/mol. The second kappa shape index (κ2) is 8.56. The largest absolute Gasteiger partial charge is 0.442 e. The van der Waals surface area contributed by atoms with E-state index in [9.17, 15) is 14.4 Å². The Labute approximate surface area is 176 Å². The van der Waals surface area contributed by atoms with Crippen LogP contribution in [-0.4, -0.2) is 72.7 Å². The van der Waals surface area contributed by atoms with Crippen molar-refractivity contribution >= 4 is 40.8 Å². The maximum absolute atomic E-state index is 12.3. The molecule has 2 unspecified atom stereocenters. The van der Waals surface area contributed by atoms with E-state index in [4.69, 9.17) is 21.1 Å². The molecule has 1 aromatic heterocycles. The lowest BCUT2D eigenvalue weighted by Crippen LogP contribution is -2.47. The molecule has 0 spiro atoms. The molecule has 2 atom stereocenters. The Balaban J connectivity index is 1.30. The van der Waals surface area contributed by atoms with Gasteiger partial charge in [0.1, 0.15) is 12.7 Å². The van der Waals surface area contributed by atoms with E-state index in [0.717, 1.165) is 5.70 Å². The van der Waals surface area contributed by atoms with Gasteiger partial charge in [-0.15, -0.1) is 11.3 Å². The summed E-state index contributed by atoms with van der Waals surface area (Å²) in [7, 11) is 0. The summed E-state index contributed by atoms with van der Waals surface area (Å²) in [5.41, 5.74) is 0.742. The van der Waals surface area contributed by atoms with Gasteiger partial charge in [0.15, 0.2) is 0 Å². The third-order valence-electron chi connectivity index (χ3n) is 4.95. The van der Waals surface area contributed by atoms with Crippen LogP contribution in [0.2, 0.25) is 4.34 Å². The van der Waals surface area contributed by atoms with Gasteiger partial charge in [-0.25, -0.2) is 4.79 Å². The number of thiophene rings is 1. The number of morpholine rings is 1. The third kappa shape index (κ3) is 4.47. The Morgan fingerprint density at radius 3 is 2.90 bits per heavy atom. The third-order valence-corrected chi connectivity index (χ3v) is 6.18. The molecule has 0 radical (unpaired) electrons. The fourth-order valence-corrected chi connectivity index (χ4v) is 4.44. The maximum atomic E-state index is 12.3. The van der Waals surface area contributed by atoms with Crippen LogP contribution in [0.4, 0.5) is 4.79 Å². The summed E-state index contributed by atoms with van der Waals surface area (Å²) in [6.45, 7) is 1.79. The highest BCUT2D eigenvalue weighted by molar-refractivity contribution is 7.17. The van der Waals surface area contributed by atoms with E-state index >= 15 is 0 Å². The van der Waals surface area contributed by atoms with Gasteiger partial charge < -0.3 is 19.7 Å². The first-order valence-corrected chi connectivity index (χ1v) is 10.5. The van der Waals surface area contributed by atoms with Crippen molar-refractivity contribution in [3.63, 3.8) is 0 Å². The van der Waals surface area contributed by atoms with Crippen molar-refractivity contribution in [3.8, 4) is 0 Å². The van der Waals surface area contributed by atoms with Crippen molar-refractivity contribution in [3.05, 3.63) is 45.3 Å². The normalized spacial score (nSPS) is 24.5. The average Bonchev–Trinajstić information content (AvgIpc) is 3.32. The molecule has 154 valence electrons. The molecule has 2 aliphatic heterocycles. The van der Waals surface area contributed by atoms with Gasteiger partial charge in [-0.05, 0) is 24.6 Å². The second-order valence-electron chi connectivity index (χ2n) is 6.86. The molecule has 1 N–H and O–H groups in total. The summed E-state index contributed by atoms with van der Waals surface area (Å²) in [6, 6.07) is 3.29. The van der Waals surface area contributed by atoms with Crippen LogP contribution in [0.5, 0.6) is 0 Å². The van der Waals surface area contributed by atoms with Gasteiger partial charge in [0.25, 0.3) is 5.91 Å². The Bertz CT molecular complexity index is 883. The molecular weight excluding hydrogens is 418 g/mol. The molecule has 29 heavy (non-hydrogen) atoms. The number of nitrogens with one attached hydrogen (secondary N) is 1. The highest BCUT2D eigenvalue weighted by Crippen LogP contribution is 2.24. The van der Waals surface area contributed by atoms with Gasteiger partial charge in [0.2, 0.25) is 5.91 Å². The Kier molecular flexibility index (Phi) is 5.89. The first kappa shape index (κ1) is 19.9. The Morgan fingerprint density at radius 2 is 2.21 bits per heavy atom. The lowest BCUT2D eigenvalue weighted by molar-refractivity contribution is -0.144. The zero-order chi connectivity index (χ0) is 20.4. The molecule has 3 heterocycles. The van der Waals surface area contributed by atoms with Crippen molar-refractivity contribution in [1.29, 1.82) is 0 Å². The number of carbonyl (C=O) groups excluding carboxylic acids is 3. The number of allylic oxidation sites excluding steroid dienone is 1. The van der Waals surface area contributed by atoms with Crippen LogP contribution in [0.1, 0.15) is 16.1 Å². The van der Waals surface area contributed by atoms with Gasteiger partial charge in [0.05, 0.1) is 35.0 Å². The molecule has 10 heteroatoms. The molecule has 3 amide bonds. The molecule has 2 fully saturated rings. The van der Waals surface area contributed by atoms with Crippen LogP contribution < -0.4 is 5.32 Å². The number of ether oxygens (including phenoxy) is 2. The van der Waals surface area contributed by atoms with E-state index in [0.29, 0.717) is 35.3 Å². The summed E-state index contributed by atoms with van der Waals surface area (Å²) in [5.74, 6) is -0.266. The number of hydrogen-bond donors (Lipinski definition) is 1. The number of cyclic esters (lactones) is 1. The quantitative estimate of drug-likeness (QED) is 0.761. The lowest BCUT2D eigenvalue weighted by atomic mass is 10.0. The van der Waals surface area contributed by atoms with E-state index < -0.39 is 12.2 Å². The average molecular weight is 438 g/mol. The first-order chi connectivity index (χ1) is 14.0. The molecule has 3 aliphatic rings. The number of hydrogen-bond acceptors (Lipinski definition) is 6. The van der Waals surface area contributed by atoms with E-state index in [1.807, 2.05) is 18.2 Å². The molecule has 2 saturated heterocycles. The zero-order valence-electron chi connectivity index (χ0n) is 15.5. The maximum Gasteiger partial charge on any atom is 0.414 e. The van der Waals surface area contributed by atoms with Gasteiger partial charge in [-0.3, -0.25) is 14.5 Å². The Hall–Kier alpha value is -2.36. The monoisotopic (exact) mass is 437 g/mol. The molecule has 0 bridgehead atoms. The highest BCUT2D eigenvalue weighted by Gasteiger charge is 2.34. The van der Waals surface area contributed by atoms with Crippen molar-refractivity contribution in [2.75, 3.05) is 32.8 Å². The van der Waals surface area contributed by atoms with E-state index in [1.165, 1.54) is 11.3 Å². The van der Waals surface area contributed by atoms with Crippen molar-refractivity contribution in [2.45, 2.75) is 18.6 Å². The van der Waals surface area contributed by atoms with Crippen LogP contribution in [0.15, 0.2) is 36.1 Å². The molecule has 0 aromatic carbocycles. The minimum absolute atomic E-state index is 0.0221. The summed E-state index contributed by atoms with van der Waals surface area (Å²) in [5, 5.41) is 2.77. The number of carbonyl (C=O) groups is 3. The number of halogens is 1. The summed E-state index contributed by atoms with van der Waals surface area (Å²) in [4.78, 5) is 40.2. The second-order valence-corrected chi connectivity index (χ2v) is 8.58. The van der Waals surface area contributed by atoms with Gasteiger partial charge in [-0.2, -0.15) is 0 Å². The molecule has 1 aromatic rings. The fourth-order valence-electron chi connectivity index (χ4n) is 3.48. The molecule has 1 aliphatic carbocycles. The van der Waals surface area contributed by atoms with E-state index in [-0.39, 0.29) is 31.0 Å². The van der Waals surface area contributed by atoms with Crippen LogP contribution in [0, 0.1) is 0 Å². The van der Waals surface area contributed by atoms with E-state index in [1.54, 1.807) is 21.9 Å². The standard InChI is InChI=1S/C19H20ClN3O5S/c20-16-6-5-15(29-16)18(25)21-9-14-10-23(19(26)28-14)13-3-1-12(2-4-13)22-7-8-27-11-17(22)24/h1,3-6,12,14H,2,7-11H2,(H,21,25). The summed E-state index contributed by atoms with van der Waals surface area (Å²) < 4.78 is 11.1. The molecule has 8 nitrogen and oxygen atoms in total. The molecule has 4 rings (SSSR count). The van der Waals surface area contributed by atoms with Crippen LogP contribution in [0.3, 0.4) is 0 Å². The SMILES string of the molecule is O=C(NCC1CN(C2=CCC(N3CCOCC3=O)C=C2)C(=O)O1)c1ccc(Cl)s1. The smallest absolute Gasteiger partial charge is 0.414 e. The van der Waals surface area contributed by atoms with Crippen LogP contribution >= 0.6 is 22.9 Å². The Morgan fingerprint density at radius 1 is 1.34 bits per heavy atom. The number of rotatable bonds is 5. The summed E-state index contributed by atoms with van der Waals surface area (Å²) >= 11 is 7.04. The first-order valence-electron chi connectivity index (χ1n) is 9.28. The summed E-state index contributed by atoms with van der Waals surface area (Å²) in [6.07, 6.45) is 5.45. The van der Waals surface area contributed by atoms with Crippen molar-refractivity contribution in [2.24, 2.45) is 0 Å².